The molecule has 0 amide bonds. The zero-order valence-corrected chi connectivity index (χ0v) is 27.2. The number of hydrogen-bond acceptors (Lipinski definition) is 3. The van der Waals surface area contributed by atoms with Gasteiger partial charge in [0.25, 0.3) is 0 Å². The molecule has 3 aromatic carbocycles. The minimum Gasteiger partial charge on any atom is -0.508 e. The van der Waals surface area contributed by atoms with E-state index in [0.29, 0.717) is 5.75 Å². The zero-order valence-electron chi connectivity index (χ0n) is 27.2. The van der Waals surface area contributed by atoms with Crippen molar-refractivity contribution in [1.82, 2.24) is 0 Å². The van der Waals surface area contributed by atoms with Gasteiger partial charge in [-0.05, 0) is 56.0 Å². The normalized spacial score (nSPS) is 12.6. The summed E-state index contributed by atoms with van der Waals surface area (Å²) < 4.78 is 13.3. The van der Waals surface area contributed by atoms with Gasteiger partial charge < -0.3 is 14.6 Å². The molecule has 3 rings (SSSR count). The van der Waals surface area contributed by atoms with Crippen molar-refractivity contribution in [1.29, 1.82) is 0 Å². The molecule has 0 aliphatic rings. The highest BCUT2D eigenvalue weighted by Crippen LogP contribution is 2.40. The van der Waals surface area contributed by atoms with E-state index in [2.05, 4.69) is 19.9 Å². The standard InChI is InChI=1S/C40H58O3/c1-3-5-7-9-11-13-15-23-32-38(42-34-26-19-17-20-27-34)36-30-25-31-37(41)40(36)39(43-35-28-21-18-22-29-35)33-24-16-14-12-10-8-6-4-2/h17-22,25-31,38-39,41H,3-16,23-24,32-33H2,1-2H3. The van der Waals surface area contributed by atoms with Crippen molar-refractivity contribution in [3.8, 4) is 17.2 Å². The van der Waals surface area contributed by atoms with Gasteiger partial charge in [-0.25, -0.2) is 0 Å². The Balaban J connectivity index is 1.76. The van der Waals surface area contributed by atoms with Crippen LogP contribution < -0.4 is 9.47 Å². The molecule has 0 aliphatic carbocycles. The van der Waals surface area contributed by atoms with E-state index in [1.807, 2.05) is 72.8 Å². The molecule has 2 unspecified atom stereocenters. The molecule has 1 N–H and O–H groups in total. The maximum atomic E-state index is 11.4. The van der Waals surface area contributed by atoms with E-state index in [4.69, 9.17) is 9.47 Å². The third-order valence-corrected chi connectivity index (χ3v) is 8.47. The van der Waals surface area contributed by atoms with Crippen LogP contribution in [0, 0.1) is 0 Å². The van der Waals surface area contributed by atoms with Gasteiger partial charge in [-0.15, -0.1) is 0 Å². The fourth-order valence-corrected chi connectivity index (χ4v) is 6.00. The van der Waals surface area contributed by atoms with Crippen LogP contribution in [0.5, 0.6) is 17.2 Å². The first-order valence-electron chi connectivity index (χ1n) is 17.5. The highest BCUT2D eigenvalue weighted by Gasteiger charge is 2.26. The second-order valence-corrected chi connectivity index (χ2v) is 12.1. The van der Waals surface area contributed by atoms with Crippen molar-refractivity contribution >= 4 is 0 Å². The van der Waals surface area contributed by atoms with Crippen molar-refractivity contribution in [2.45, 2.75) is 142 Å². The number of aromatic hydroxyl groups is 1. The number of para-hydroxylation sites is 2. The van der Waals surface area contributed by atoms with Gasteiger partial charge in [0, 0.05) is 11.1 Å². The predicted octanol–water partition coefficient (Wildman–Crippen LogP) is 12.7. The molecule has 0 bridgehead atoms. The third kappa shape index (κ3) is 13.5. The van der Waals surface area contributed by atoms with Crippen molar-refractivity contribution in [2.24, 2.45) is 0 Å². The van der Waals surface area contributed by atoms with Gasteiger partial charge in [0.05, 0.1) is 0 Å². The number of benzene rings is 3. The highest BCUT2D eigenvalue weighted by atomic mass is 16.5. The van der Waals surface area contributed by atoms with Crippen LogP contribution in [0.25, 0.3) is 0 Å². The van der Waals surface area contributed by atoms with Gasteiger partial charge in [0.1, 0.15) is 29.5 Å². The molecule has 0 saturated heterocycles. The van der Waals surface area contributed by atoms with Crippen LogP contribution in [0.4, 0.5) is 0 Å². The first kappa shape index (κ1) is 34.5. The fraction of sp³-hybridized carbons (Fsp3) is 0.550. The maximum absolute atomic E-state index is 11.4. The molecule has 0 heterocycles. The van der Waals surface area contributed by atoms with Gasteiger partial charge in [0.2, 0.25) is 0 Å². The van der Waals surface area contributed by atoms with E-state index in [1.165, 1.54) is 89.9 Å². The average Bonchev–Trinajstić information content (AvgIpc) is 3.03. The summed E-state index contributed by atoms with van der Waals surface area (Å²) in [6.45, 7) is 4.54. The van der Waals surface area contributed by atoms with Crippen LogP contribution in [0.15, 0.2) is 78.9 Å². The van der Waals surface area contributed by atoms with Gasteiger partial charge in [-0.2, -0.15) is 0 Å². The van der Waals surface area contributed by atoms with Gasteiger partial charge >= 0.3 is 0 Å². The number of hydrogen-bond donors (Lipinski definition) is 1. The molecule has 43 heavy (non-hydrogen) atoms. The Morgan fingerprint density at radius 2 is 0.884 bits per heavy atom. The van der Waals surface area contributed by atoms with E-state index in [1.54, 1.807) is 0 Å². The summed E-state index contributed by atoms with van der Waals surface area (Å²) in [7, 11) is 0. The second kappa shape index (κ2) is 21.7. The summed E-state index contributed by atoms with van der Waals surface area (Å²) in [5.41, 5.74) is 1.93. The van der Waals surface area contributed by atoms with Crippen LogP contribution in [-0.4, -0.2) is 5.11 Å². The summed E-state index contributed by atoms with van der Waals surface area (Å²) in [5.74, 6) is 2.01. The summed E-state index contributed by atoms with van der Waals surface area (Å²) in [5, 5.41) is 11.4. The maximum Gasteiger partial charge on any atom is 0.128 e. The van der Waals surface area contributed by atoms with E-state index < -0.39 is 0 Å². The lowest BCUT2D eigenvalue weighted by atomic mass is 9.91. The lowest BCUT2D eigenvalue weighted by molar-refractivity contribution is 0.164. The predicted molar refractivity (Wildman–Crippen MR) is 182 cm³/mol. The van der Waals surface area contributed by atoms with E-state index in [0.717, 1.165) is 48.3 Å². The minimum atomic E-state index is -0.237. The SMILES string of the molecule is CCCCCCCCCCC(Oc1ccccc1)c1cccc(O)c1C(CCCCCCCCCC)Oc1ccccc1. The quantitative estimate of drug-likeness (QED) is 0.106. The molecule has 3 aromatic rings. The lowest BCUT2D eigenvalue weighted by Crippen LogP contribution is -2.16. The van der Waals surface area contributed by atoms with Crippen molar-refractivity contribution in [3.63, 3.8) is 0 Å². The first-order valence-corrected chi connectivity index (χ1v) is 17.5. The molecule has 0 saturated carbocycles. The Morgan fingerprint density at radius 3 is 1.37 bits per heavy atom. The largest absolute Gasteiger partial charge is 0.508 e. The summed E-state index contributed by atoms with van der Waals surface area (Å²) in [6, 6.07) is 26.1. The fourth-order valence-electron chi connectivity index (χ4n) is 6.00. The molecule has 236 valence electrons. The molecule has 0 fully saturated rings. The van der Waals surface area contributed by atoms with Gasteiger partial charge in [0.15, 0.2) is 0 Å². The summed E-state index contributed by atoms with van der Waals surface area (Å²) >= 11 is 0. The molecule has 3 heteroatoms. The number of rotatable bonds is 24. The van der Waals surface area contributed by atoms with Crippen molar-refractivity contribution in [3.05, 3.63) is 90.0 Å². The minimum absolute atomic E-state index is 0.148. The number of ether oxygens (including phenoxy) is 2. The smallest absolute Gasteiger partial charge is 0.128 e. The molecule has 0 spiro atoms. The molecule has 3 nitrogen and oxygen atoms in total. The van der Waals surface area contributed by atoms with Crippen LogP contribution in [-0.2, 0) is 0 Å². The Bertz CT molecular complexity index is 1080. The van der Waals surface area contributed by atoms with Crippen LogP contribution in [0.2, 0.25) is 0 Å². The zero-order chi connectivity index (χ0) is 30.4. The Kier molecular flexibility index (Phi) is 17.4. The Hall–Kier alpha value is -2.94. The van der Waals surface area contributed by atoms with Crippen LogP contribution >= 0.6 is 0 Å². The van der Waals surface area contributed by atoms with Crippen molar-refractivity contribution in [2.75, 3.05) is 0 Å². The molecular weight excluding hydrogens is 528 g/mol. The van der Waals surface area contributed by atoms with E-state index in [9.17, 15) is 5.11 Å². The number of unbranched alkanes of at least 4 members (excludes halogenated alkanes) is 14. The van der Waals surface area contributed by atoms with Gasteiger partial charge in [-0.1, -0.05) is 152 Å². The molecule has 0 radical (unpaired) electrons. The Labute approximate surface area is 263 Å². The second-order valence-electron chi connectivity index (χ2n) is 12.1. The summed E-state index contributed by atoms with van der Waals surface area (Å²) in [6.07, 6.45) is 21.7. The molecule has 0 aliphatic heterocycles. The van der Waals surface area contributed by atoms with Gasteiger partial charge in [-0.3, -0.25) is 0 Å². The van der Waals surface area contributed by atoms with Crippen LogP contribution in [0.1, 0.15) is 153 Å². The third-order valence-electron chi connectivity index (χ3n) is 8.47. The first-order chi connectivity index (χ1) is 21.2. The highest BCUT2D eigenvalue weighted by molar-refractivity contribution is 5.43. The molecule has 0 aromatic heterocycles. The molecular formula is C40H58O3. The lowest BCUT2D eigenvalue weighted by Gasteiger charge is -2.27. The topological polar surface area (TPSA) is 38.7 Å². The van der Waals surface area contributed by atoms with E-state index in [-0.39, 0.29) is 12.2 Å². The Morgan fingerprint density at radius 1 is 0.465 bits per heavy atom. The monoisotopic (exact) mass is 586 g/mol. The summed E-state index contributed by atoms with van der Waals surface area (Å²) in [4.78, 5) is 0. The van der Waals surface area contributed by atoms with Crippen molar-refractivity contribution < 1.29 is 14.6 Å². The average molecular weight is 587 g/mol. The number of phenolic OH excluding ortho intramolecular Hbond substituents is 1. The molecule has 2 atom stereocenters. The van der Waals surface area contributed by atoms with Crippen LogP contribution in [0.3, 0.4) is 0 Å². The number of phenols is 1. The van der Waals surface area contributed by atoms with E-state index >= 15 is 0 Å².